The van der Waals surface area contributed by atoms with Crippen LogP contribution in [0.15, 0.2) is 30.5 Å². The Balaban J connectivity index is 1.50. The van der Waals surface area contributed by atoms with Gasteiger partial charge in [0.05, 0.1) is 12.3 Å². The number of benzene rings is 1. The van der Waals surface area contributed by atoms with Crippen molar-refractivity contribution in [1.82, 2.24) is 24.5 Å². The molecule has 0 saturated carbocycles. The van der Waals surface area contributed by atoms with Gasteiger partial charge in [0.2, 0.25) is 5.91 Å². The zero-order chi connectivity index (χ0) is 25.0. The fraction of sp³-hybridized carbons (Fsp3) is 0.630. The highest BCUT2D eigenvalue weighted by Crippen LogP contribution is 2.36. The molecule has 1 amide bonds. The van der Waals surface area contributed by atoms with Gasteiger partial charge in [0, 0.05) is 68.4 Å². The summed E-state index contributed by atoms with van der Waals surface area (Å²) in [4.78, 5) is 20.3. The van der Waals surface area contributed by atoms with Crippen molar-refractivity contribution in [3.63, 3.8) is 0 Å². The van der Waals surface area contributed by atoms with Crippen LogP contribution >= 0.6 is 11.6 Å². The number of ether oxygens (including phenoxy) is 1. The smallest absolute Gasteiger partial charge is 0.223 e. The third-order valence-corrected chi connectivity index (χ3v) is 7.85. The number of amides is 1. The summed E-state index contributed by atoms with van der Waals surface area (Å²) in [5, 5.41) is 5.25. The predicted octanol–water partition coefficient (Wildman–Crippen LogP) is 4.25. The number of hydrogen-bond acceptors (Lipinski definition) is 5. The molecule has 1 aromatic carbocycles. The van der Waals surface area contributed by atoms with Gasteiger partial charge in [0.1, 0.15) is 5.75 Å². The molecule has 1 aromatic heterocycles. The van der Waals surface area contributed by atoms with E-state index in [1.807, 2.05) is 36.2 Å². The maximum absolute atomic E-state index is 13.5. The van der Waals surface area contributed by atoms with Crippen molar-refractivity contribution in [3.05, 3.63) is 46.7 Å². The Bertz CT molecular complexity index is 1000. The first-order chi connectivity index (χ1) is 16.7. The van der Waals surface area contributed by atoms with Gasteiger partial charge in [-0.1, -0.05) is 11.6 Å². The van der Waals surface area contributed by atoms with Gasteiger partial charge in [-0.2, -0.15) is 5.10 Å². The lowest BCUT2D eigenvalue weighted by molar-refractivity contribution is -0.137. The minimum atomic E-state index is -0.227. The molecule has 192 valence electrons. The summed E-state index contributed by atoms with van der Waals surface area (Å²) >= 11 is 6.22. The van der Waals surface area contributed by atoms with Crippen molar-refractivity contribution in [3.8, 4) is 5.75 Å². The fourth-order valence-electron chi connectivity index (χ4n) is 5.35. The molecular weight excluding hydrogens is 462 g/mol. The first-order valence-corrected chi connectivity index (χ1v) is 13.2. The third kappa shape index (κ3) is 6.57. The zero-order valence-electron chi connectivity index (χ0n) is 21.7. The number of aryl methyl sites for hydroxylation is 1. The number of carbonyl (C=O) groups is 1. The molecule has 2 saturated heterocycles. The highest BCUT2D eigenvalue weighted by molar-refractivity contribution is 6.31. The highest BCUT2D eigenvalue weighted by atomic mass is 35.5. The number of piperazine rings is 1. The van der Waals surface area contributed by atoms with Crippen molar-refractivity contribution in [1.29, 1.82) is 0 Å². The normalized spacial score (nSPS) is 22.1. The van der Waals surface area contributed by atoms with E-state index >= 15 is 0 Å². The Hall–Kier alpha value is -2.09. The van der Waals surface area contributed by atoms with E-state index in [2.05, 4.69) is 46.5 Å². The summed E-state index contributed by atoms with van der Waals surface area (Å²) in [5.41, 5.74) is 1.99. The summed E-state index contributed by atoms with van der Waals surface area (Å²) < 4.78 is 8.45. The van der Waals surface area contributed by atoms with E-state index in [1.54, 1.807) is 0 Å². The maximum Gasteiger partial charge on any atom is 0.223 e. The van der Waals surface area contributed by atoms with Crippen LogP contribution in [-0.4, -0.2) is 83.3 Å². The van der Waals surface area contributed by atoms with Crippen LogP contribution in [0.1, 0.15) is 50.4 Å². The minimum Gasteiger partial charge on any atom is -0.493 e. The molecule has 0 aliphatic carbocycles. The van der Waals surface area contributed by atoms with Crippen molar-refractivity contribution < 1.29 is 9.53 Å². The van der Waals surface area contributed by atoms with Gasteiger partial charge >= 0.3 is 0 Å². The monoisotopic (exact) mass is 501 g/mol. The number of likely N-dealkylation sites (tertiary alicyclic amines) is 1. The van der Waals surface area contributed by atoms with E-state index in [0.29, 0.717) is 19.1 Å². The van der Waals surface area contributed by atoms with Gasteiger partial charge < -0.3 is 14.5 Å². The average molecular weight is 502 g/mol. The lowest BCUT2D eigenvalue weighted by Crippen LogP contribution is -2.52. The van der Waals surface area contributed by atoms with E-state index in [9.17, 15) is 4.79 Å². The first kappa shape index (κ1) is 26.0. The second kappa shape index (κ2) is 11.3. The van der Waals surface area contributed by atoms with E-state index in [0.717, 1.165) is 75.0 Å². The number of nitrogens with zero attached hydrogens (tertiary/aromatic N) is 5. The molecule has 8 heteroatoms. The van der Waals surface area contributed by atoms with Crippen molar-refractivity contribution >= 4 is 17.5 Å². The molecule has 2 aliphatic heterocycles. The van der Waals surface area contributed by atoms with Gasteiger partial charge in [-0.25, -0.2) is 0 Å². The molecule has 0 bridgehead atoms. The Morgan fingerprint density at radius 3 is 2.66 bits per heavy atom. The summed E-state index contributed by atoms with van der Waals surface area (Å²) in [6, 6.07) is 8.23. The number of hydrogen-bond donors (Lipinski definition) is 0. The number of aromatic nitrogens is 2. The molecule has 1 atom stereocenters. The number of carbonyl (C=O) groups excluding carboxylic acids is 1. The van der Waals surface area contributed by atoms with Gasteiger partial charge in [0.15, 0.2) is 0 Å². The Morgan fingerprint density at radius 1 is 1.17 bits per heavy atom. The molecule has 0 spiro atoms. The molecule has 2 aromatic rings. The SMILES string of the molecule is Cc1cc(OCC2(CC(=O)N3CCN(C)CC3)CCCN(Cc3ccnn3C(C)C)C2)ccc1Cl. The summed E-state index contributed by atoms with van der Waals surface area (Å²) in [6.07, 6.45) is 4.44. The number of rotatable bonds is 8. The first-order valence-electron chi connectivity index (χ1n) is 12.8. The fourth-order valence-corrected chi connectivity index (χ4v) is 5.47. The topological polar surface area (TPSA) is 53.8 Å². The van der Waals surface area contributed by atoms with Crippen LogP contribution in [0, 0.1) is 12.3 Å². The van der Waals surface area contributed by atoms with Gasteiger partial charge in [-0.15, -0.1) is 0 Å². The minimum absolute atomic E-state index is 0.227. The van der Waals surface area contributed by atoms with Crippen LogP contribution in [0.25, 0.3) is 0 Å². The summed E-state index contributed by atoms with van der Waals surface area (Å²) in [6.45, 7) is 13.0. The Kier molecular flexibility index (Phi) is 8.40. The number of halogens is 1. The van der Waals surface area contributed by atoms with Crippen LogP contribution in [0.4, 0.5) is 0 Å². The van der Waals surface area contributed by atoms with E-state index < -0.39 is 0 Å². The quantitative estimate of drug-likeness (QED) is 0.541. The molecule has 7 nitrogen and oxygen atoms in total. The Labute approximate surface area is 215 Å². The molecule has 2 fully saturated rings. The number of piperidine rings is 1. The molecule has 3 heterocycles. The lowest BCUT2D eigenvalue weighted by Gasteiger charge is -2.43. The van der Waals surface area contributed by atoms with Gasteiger partial charge in [-0.05, 0) is 77.0 Å². The maximum atomic E-state index is 13.5. The largest absolute Gasteiger partial charge is 0.493 e. The van der Waals surface area contributed by atoms with Gasteiger partial charge in [0.25, 0.3) is 0 Å². The molecule has 4 rings (SSSR count). The number of likely N-dealkylation sites (N-methyl/N-ethyl adjacent to an activating group) is 1. The van der Waals surface area contributed by atoms with Crippen LogP contribution in [0.2, 0.25) is 5.02 Å². The molecule has 2 aliphatic rings. The average Bonchev–Trinajstić information content (AvgIpc) is 3.29. The van der Waals surface area contributed by atoms with Crippen LogP contribution in [0.5, 0.6) is 5.75 Å². The van der Waals surface area contributed by atoms with Crippen molar-refractivity contribution in [2.75, 3.05) is 52.9 Å². The predicted molar refractivity (Wildman–Crippen MR) is 140 cm³/mol. The molecular formula is C27H40ClN5O2. The Morgan fingerprint density at radius 2 is 1.94 bits per heavy atom. The zero-order valence-corrected chi connectivity index (χ0v) is 22.4. The summed E-state index contributed by atoms with van der Waals surface area (Å²) in [5.74, 6) is 1.07. The summed E-state index contributed by atoms with van der Waals surface area (Å²) in [7, 11) is 2.12. The van der Waals surface area contributed by atoms with Crippen LogP contribution < -0.4 is 4.74 Å². The molecule has 0 radical (unpaired) electrons. The molecule has 1 unspecified atom stereocenters. The van der Waals surface area contributed by atoms with Crippen molar-refractivity contribution in [2.24, 2.45) is 5.41 Å². The lowest BCUT2D eigenvalue weighted by atomic mass is 9.77. The van der Waals surface area contributed by atoms with E-state index in [4.69, 9.17) is 16.3 Å². The van der Waals surface area contributed by atoms with Gasteiger partial charge in [-0.3, -0.25) is 14.4 Å². The molecule has 35 heavy (non-hydrogen) atoms. The van der Waals surface area contributed by atoms with Crippen LogP contribution in [-0.2, 0) is 11.3 Å². The molecule has 0 N–H and O–H groups in total. The van der Waals surface area contributed by atoms with Crippen LogP contribution in [0.3, 0.4) is 0 Å². The highest BCUT2D eigenvalue weighted by Gasteiger charge is 2.40. The third-order valence-electron chi connectivity index (χ3n) is 7.42. The second-order valence-corrected chi connectivity index (χ2v) is 11.1. The van der Waals surface area contributed by atoms with E-state index in [-0.39, 0.29) is 11.3 Å². The van der Waals surface area contributed by atoms with E-state index in [1.165, 1.54) is 5.69 Å². The second-order valence-electron chi connectivity index (χ2n) is 10.7. The standard InChI is InChI=1S/C27H40ClN5O2/c1-21(2)33-23(8-10-29-33)18-31-11-5-9-27(19-31,17-26(34)32-14-12-30(4)13-15-32)20-35-24-6-7-25(28)22(3)16-24/h6-8,10,16,21H,5,9,11-15,17-20H2,1-4H3. The van der Waals surface area contributed by atoms with Crippen molar-refractivity contribution in [2.45, 2.75) is 52.6 Å².